The molecule has 100 valence electrons. The Labute approximate surface area is 117 Å². The Kier molecular flexibility index (Phi) is 3.58. The van der Waals surface area contributed by atoms with E-state index in [-0.39, 0.29) is 12.2 Å². The SMILES string of the molecule is O[C@@H]1CCC[C@H](Oc2ccc3c(Cl)nccc3c2)C1. The van der Waals surface area contributed by atoms with Gasteiger partial charge in [0.1, 0.15) is 17.0 Å². The van der Waals surface area contributed by atoms with Crippen molar-refractivity contribution in [1.82, 2.24) is 4.98 Å². The molecule has 0 radical (unpaired) electrons. The number of benzene rings is 1. The van der Waals surface area contributed by atoms with Crippen LogP contribution in [-0.4, -0.2) is 22.3 Å². The van der Waals surface area contributed by atoms with E-state index in [1.807, 2.05) is 24.3 Å². The number of rotatable bonds is 2. The summed E-state index contributed by atoms with van der Waals surface area (Å²) in [5.74, 6) is 0.828. The molecule has 0 unspecified atom stereocenters. The summed E-state index contributed by atoms with van der Waals surface area (Å²) < 4.78 is 5.95. The predicted octanol–water partition coefficient (Wildman–Crippen LogP) is 3.57. The number of halogens is 1. The molecular formula is C15H16ClNO2. The molecule has 2 aromatic rings. The Morgan fingerprint density at radius 3 is 3.00 bits per heavy atom. The zero-order chi connectivity index (χ0) is 13.2. The lowest BCUT2D eigenvalue weighted by Gasteiger charge is -2.26. The minimum Gasteiger partial charge on any atom is -0.490 e. The van der Waals surface area contributed by atoms with Gasteiger partial charge in [-0.05, 0) is 48.9 Å². The van der Waals surface area contributed by atoms with Gasteiger partial charge in [0.25, 0.3) is 0 Å². The van der Waals surface area contributed by atoms with Crippen LogP contribution in [0.25, 0.3) is 10.8 Å². The first kappa shape index (κ1) is 12.7. The lowest BCUT2D eigenvalue weighted by Crippen LogP contribution is -2.28. The van der Waals surface area contributed by atoms with Gasteiger partial charge in [0.05, 0.1) is 6.10 Å². The van der Waals surface area contributed by atoms with Crippen molar-refractivity contribution >= 4 is 22.4 Å². The molecule has 0 saturated heterocycles. The van der Waals surface area contributed by atoms with Gasteiger partial charge in [-0.15, -0.1) is 0 Å². The summed E-state index contributed by atoms with van der Waals surface area (Å²) >= 11 is 6.04. The van der Waals surface area contributed by atoms with Crippen LogP contribution >= 0.6 is 11.6 Å². The third kappa shape index (κ3) is 2.82. The first-order valence-electron chi connectivity index (χ1n) is 6.61. The Morgan fingerprint density at radius 1 is 1.26 bits per heavy atom. The van der Waals surface area contributed by atoms with Crippen LogP contribution in [0.1, 0.15) is 25.7 Å². The van der Waals surface area contributed by atoms with E-state index in [1.165, 1.54) is 0 Å². The highest BCUT2D eigenvalue weighted by molar-refractivity contribution is 6.34. The summed E-state index contributed by atoms with van der Waals surface area (Å²) in [7, 11) is 0. The van der Waals surface area contributed by atoms with Crippen LogP contribution in [0.3, 0.4) is 0 Å². The summed E-state index contributed by atoms with van der Waals surface area (Å²) in [6.07, 6.45) is 5.21. The van der Waals surface area contributed by atoms with E-state index >= 15 is 0 Å². The normalized spacial score (nSPS) is 23.5. The second kappa shape index (κ2) is 5.35. The number of hydrogen-bond acceptors (Lipinski definition) is 3. The number of fused-ring (bicyclic) bond motifs is 1. The van der Waals surface area contributed by atoms with Crippen LogP contribution < -0.4 is 4.74 Å². The average Bonchev–Trinajstić information content (AvgIpc) is 2.39. The molecule has 0 amide bonds. The second-order valence-electron chi connectivity index (χ2n) is 5.04. The Balaban J connectivity index is 1.81. The minimum atomic E-state index is -0.224. The van der Waals surface area contributed by atoms with Crippen LogP contribution in [0.4, 0.5) is 0 Å². The molecule has 1 aliphatic carbocycles. The molecule has 2 atom stereocenters. The molecule has 19 heavy (non-hydrogen) atoms. The molecular weight excluding hydrogens is 262 g/mol. The van der Waals surface area contributed by atoms with E-state index in [1.54, 1.807) is 6.20 Å². The van der Waals surface area contributed by atoms with Gasteiger partial charge >= 0.3 is 0 Å². The molecule has 0 aliphatic heterocycles. The van der Waals surface area contributed by atoms with Gasteiger partial charge in [-0.2, -0.15) is 0 Å². The van der Waals surface area contributed by atoms with E-state index in [0.717, 1.165) is 42.2 Å². The molecule has 1 aromatic carbocycles. The molecule has 1 N–H and O–H groups in total. The van der Waals surface area contributed by atoms with Crippen LogP contribution in [-0.2, 0) is 0 Å². The summed E-state index contributed by atoms with van der Waals surface area (Å²) in [6, 6.07) is 7.74. The van der Waals surface area contributed by atoms with Crippen molar-refractivity contribution in [3.05, 3.63) is 35.6 Å². The molecule has 1 fully saturated rings. The van der Waals surface area contributed by atoms with E-state index in [0.29, 0.717) is 5.15 Å². The summed E-state index contributed by atoms with van der Waals surface area (Å²) in [5, 5.41) is 12.1. The summed E-state index contributed by atoms with van der Waals surface area (Å²) in [4.78, 5) is 4.05. The van der Waals surface area contributed by atoms with E-state index in [4.69, 9.17) is 16.3 Å². The van der Waals surface area contributed by atoms with Crippen molar-refractivity contribution in [2.75, 3.05) is 0 Å². The molecule has 4 heteroatoms. The van der Waals surface area contributed by atoms with Crippen LogP contribution in [0.5, 0.6) is 5.75 Å². The first-order chi connectivity index (χ1) is 9.22. The van der Waals surface area contributed by atoms with Gasteiger partial charge in [-0.25, -0.2) is 4.98 Å². The quantitative estimate of drug-likeness (QED) is 0.854. The van der Waals surface area contributed by atoms with Crippen molar-refractivity contribution in [2.24, 2.45) is 0 Å². The first-order valence-corrected chi connectivity index (χ1v) is 6.99. The molecule has 1 aromatic heterocycles. The monoisotopic (exact) mass is 277 g/mol. The molecule has 3 rings (SSSR count). The van der Waals surface area contributed by atoms with Gasteiger partial charge in [-0.3, -0.25) is 0 Å². The largest absolute Gasteiger partial charge is 0.490 e. The lowest BCUT2D eigenvalue weighted by molar-refractivity contribution is 0.0537. The summed E-state index contributed by atoms with van der Waals surface area (Å²) in [6.45, 7) is 0. The van der Waals surface area contributed by atoms with Crippen molar-refractivity contribution < 1.29 is 9.84 Å². The van der Waals surface area contributed by atoms with Gasteiger partial charge in [0.15, 0.2) is 0 Å². The van der Waals surface area contributed by atoms with E-state index < -0.39 is 0 Å². The number of aliphatic hydroxyl groups excluding tert-OH is 1. The fraction of sp³-hybridized carbons (Fsp3) is 0.400. The summed E-state index contributed by atoms with van der Waals surface area (Å²) in [5.41, 5.74) is 0. The van der Waals surface area contributed by atoms with Gasteiger partial charge in [0.2, 0.25) is 0 Å². The zero-order valence-corrected chi connectivity index (χ0v) is 11.3. The average molecular weight is 278 g/mol. The van der Waals surface area contributed by atoms with Crippen molar-refractivity contribution in [2.45, 2.75) is 37.9 Å². The maximum Gasteiger partial charge on any atom is 0.136 e. The Hall–Kier alpha value is -1.32. The third-order valence-electron chi connectivity index (χ3n) is 3.59. The van der Waals surface area contributed by atoms with Crippen LogP contribution in [0, 0.1) is 0 Å². The fourth-order valence-corrected chi connectivity index (χ4v) is 2.84. The second-order valence-corrected chi connectivity index (χ2v) is 5.40. The lowest BCUT2D eigenvalue weighted by atomic mass is 9.95. The Morgan fingerprint density at radius 2 is 2.16 bits per heavy atom. The number of ether oxygens (including phenoxy) is 1. The van der Waals surface area contributed by atoms with Gasteiger partial charge in [0, 0.05) is 18.0 Å². The van der Waals surface area contributed by atoms with Gasteiger partial charge < -0.3 is 9.84 Å². The predicted molar refractivity (Wildman–Crippen MR) is 75.6 cm³/mol. The van der Waals surface area contributed by atoms with Crippen molar-refractivity contribution in [3.63, 3.8) is 0 Å². The topological polar surface area (TPSA) is 42.4 Å². The van der Waals surface area contributed by atoms with E-state index in [2.05, 4.69) is 4.98 Å². The highest BCUT2D eigenvalue weighted by Gasteiger charge is 2.21. The maximum absolute atomic E-state index is 9.66. The third-order valence-corrected chi connectivity index (χ3v) is 3.89. The van der Waals surface area contributed by atoms with Crippen LogP contribution in [0.15, 0.2) is 30.5 Å². The smallest absolute Gasteiger partial charge is 0.136 e. The highest BCUT2D eigenvalue weighted by Crippen LogP contribution is 2.28. The number of pyridine rings is 1. The molecule has 1 saturated carbocycles. The molecule has 0 spiro atoms. The van der Waals surface area contributed by atoms with Gasteiger partial charge in [-0.1, -0.05) is 11.6 Å². The molecule has 3 nitrogen and oxygen atoms in total. The highest BCUT2D eigenvalue weighted by atomic mass is 35.5. The molecule has 0 bridgehead atoms. The van der Waals surface area contributed by atoms with Crippen LogP contribution in [0.2, 0.25) is 5.15 Å². The molecule has 1 heterocycles. The zero-order valence-electron chi connectivity index (χ0n) is 10.6. The van der Waals surface area contributed by atoms with Crippen molar-refractivity contribution in [1.29, 1.82) is 0 Å². The van der Waals surface area contributed by atoms with E-state index in [9.17, 15) is 5.11 Å². The fourth-order valence-electron chi connectivity index (χ4n) is 2.61. The number of aromatic nitrogens is 1. The van der Waals surface area contributed by atoms with Crippen molar-refractivity contribution in [3.8, 4) is 5.75 Å². The number of aliphatic hydroxyl groups is 1. The minimum absolute atomic E-state index is 0.110. The Bertz CT molecular complexity index is 587. The number of nitrogens with zero attached hydrogens (tertiary/aromatic N) is 1. The maximum atomic E-state index is 9.66. The standard InChI is InChI=1S/C15H16ClNO2/c16-15-14-5-4-13(8-10(14)6-7-17-15)19-12-3-1-2-11(18)9-12/h4-8,11-12,18H,1-3,9H2/t11-,12+/m1/s1. The number of hydrogen-bond donors (Lipinski definition) is 1. The molecule has 1 aliphatic rings.